The van der Waals surface area contributed by atoms with Gasteiger partial charge in [-0.25, -0.2) is 9.78 Å². The van der Waals surface area contributed by atoms with E-state index >= 15 is 0 Å². The number of piperidine rings is 1. The van der Waals surface area contributed by atoms with Crippen molar-refractivity contribution in [3.05, 3.63) is 23.9 Å². The average Bonchev–Trinajstić information content (AvgIpc) is 2.79. The molecule has 2 aliphatic rings. The lowest BCUT2D eigenvalue weighted by Gasteiger charge is -2.29. The van der Waals surface area contributed by atoms with Crippen molar-refractivity contribution in [1.29, 1.82) is 0 Å². The number of carbonyl (C=O) groups excluding carboxylic acids is 1. The van der Waals surface area contributed by atoms with Gasteiger partial charge in [-0.2, -0.15) is 0 Å². The van der Waals surface area contributed by atoms with Gasteiger partial charge in [-0.05, 0) is 52.0 Å². The zero-order valence-electron chi connectivity index (χ0n) is 12.1. The molecular formula is C15H21N3O2. The SMILES string of the molecule is C[C@H]1COC(=O)N1c1cccc(C2CCN(C)CC2)n1. The van der Waals surface area contributed by atoms with Gasteiger partial charge in [0.25, 0.3) is 0 Å². The van der Waals surface area contributed by atoms with Crippen molar-refractivity contribution in [3.63, 3.8) is 0 Å². The second-order valence-electron chi connectivity index (χ2n) is 5.79. The van der Waals surface area contributed by atoms with Crippen LogP contribution in [0.15, 0.2) is 18.2 Å². The Kier molecular flexibility index (Phi) is 3.61. The first kappa shape index (κ1) is 13.4. The molecule has 3 heterocycles. The van der Waals surface area contributed by atoms with E-state index in [1.807, 2.05) is 19.1 Å². The van der Waals surface area contributed by atoms with Crippen LogP contribution in [0.5, 0.6) is 0 Å². The molecule has 1 aromatic rings. The Hall–Kier alpha value is -1.62. The van der Waals surface area contributed by atoms with Crippen molar-refractivity contribution in [2.24, 2.45) is 0 Å². The maximum atomic E-state index is 11.8. The fourth-order valence-electron chi connectivity index (χ4n) is 2.94. The molecule has 0 unspecified atom stereocenters. The average molecular weight is 275 g/mol. The molecule has 5 nitrogen and oxygen atoms in total. The van der Waals surface area contributed by atoms with Crippen LogP contribution in [0.25, 0.3) is 0 Å². The van der Waals surface area contributed by atoms with Crippen LogP contribution in [-0.4, -0.2) is 48.8 Å². The second kappa shape index (κ2) is 5.40. The molecule has 0 radical (unpaired) electrons. The monoisotopic (exact) mass is 275 g/mol. The molecule has 1 atom stereocenters. The normalized spacial score (nSPS) is 25.0. The first-order valence-corrected chi connectivity index (χ1v) is 7.26. The predicted molar refractivity (Wildman–Crippen MR) is 77.0 cm³/mol. The van der Waals surface area contributed by atoms with Crippen LogP contribution in [0, 0.1) is 0 Å². The molecule has 5 heteroatoms. The van der Waals surface area contributed by atoms with Crippen molar-refractivity contribution in [2.45, 2.75) is 31.7 Å². The number of amides is 1. The summed E-state index contributed by atoms with van der Waals surface area (Å²) in [6.45, 7) is 4.64. The van der Waals surface area contributed by atoms with Gasteiger partial charge in [-0.15, -0.1) is 0 Å². The first-order chi connectivity index (χ1) is 9.65. The van der Waals surface area contributed by atoms with Crippen molar-refractivity contribution in [3.8, 4) is 0 Å². The third-order valence-electron chi connectivity index (χ3n) is 4.23. The Bertz CT molecular complexity index is 498. The molecule has 0 aliphatic carbocycles. The van der Waals surface area contributed by atoms with Crippen LogP contribution in [0.3, 0.4) is 0 Å². The van der Waals surface area contributed by atoms with Gasteiger partial charge in [0, 0.05) is 11.6 Å². The number of cyclic esters (lactones) is 1. The summed E-state index contributed by atoms with van der Waals surface area (Å²) in [7, 11) is 2.15. The van der Waals surface area contributed by atoms with Gasteiger partial charge in [-0.1, -0.05) is 6.07 Å². The largest absolute Gasteiger partial charge is 0.447 e. The molecule has 0 aromatic carbocycles. The van der Waals surface area contributed by atoms with Gasteiger partial charge in [0.15, 0.2) is 0 Å². The summed E-state index contributed by atoms with van der Waals surface area (Å²) in [5, 5.41) is 0. The number of aromatic nitrogens is 1. The molecular weight excluding hydrogens is 254 g/mol. The topological polar surface area (TPSA) is 45.7 Å². The quantitative estimate of drug-likeness (QED) is 0.830. The standard InChI is InChI=1S/C15H21N3O2/c1-11-10-20-15(19)18(11)14-5-3-4-13(16-14)12-6-8-17(2)9-7-12/h3-5,11-12H,6-10H2,1-2H3/t11-/m0/s1. The maximum absolute atomic E-state index is 11.8. The smallest absolute Gasteiger partial charge is 0.415 e. The highest BCUT2D eigenvalue weighted by molar-refractivity contribution is 5.88. The van der Waals surface area contributed by atoms with Gasteiger partial charge in [0.1, 0.15) is 12.4 Å². The Labute approximate surface area is 119 Å². The number of carbonyl (C=O) groups is 1. The van der Waals surface area contributed by atoms with Crippen molar-refractivity contribution in [1.82, 2.24) is 9.88 Å². The van der Waals surface area contributed by atoms with E-state index in [4.69, 9.17) is 9.72 Å². The molecule has 0 saturated carbocycles. The number of anilines is 1. The highest BCUT2D eigenvalue weighted by Crippen LogP contribution is 2.28. The summed E-state index contributed by atoms with van der Waals surface area (Å²) in [4.78, 5) is 20.5. The second-order valence-corrected chi connectivity index (χ2v) is 5.79. The van der Waals surface area contributed by atoms with Crippen molar-refractivity contribution >= 4 is 11.9 Å². The Morgan fingerprint density at radius 1 is 1.30 bits per heavy atom. The Balaban J connectivity index is 1.81. The van der Waals surface area contributed by atoms with E-state index in [1.165, 1.54) is 0 Å². The number of hydrogen-bond acceptors (Lipinski definition) is 4. The number of pyridine rings is 1. The van der Waals surface area contributed by atoms with Crippen LogP contribution in [-0.2, 0) is 4.74 Å². The number of ether oxygens (including phenoxy) is 1. The van der Waals surface area contributed by atoms with E-state index in [2.05, 4.69) is 18.0 Å². The van der Waals surface area contributed by atoms with Gasteiger partial charge < -0.3 is 9.64 Å². The number of likely N-dealkylation sites (tertiary alicyclic amines) is 1. The summed E-state index contributed by atoms with van der Waals surface area (Å²) in [6, 6.07) is 6.02. The molecule has 0 bridgehead atoms. The fourth-order valence-corrected chi connectivity index (χ4v) is 2.94. The summed E-state index contributed by atoms with van der Waals surface area (Å²) in [5.74, 6) is 1.22. The molecule has 3 rings (SSSR count). The maximum Gasteiger partial charge on any atom is 0.415 e. The Morgan fingerprint density at radius 3 is 2.70 bits per heavy atom. The number of hydrogen-bond donors (Lipinski definition) is 0. The molecule has 20 heavy (non-hydrogen) atoms. The number of rotatable bonds is 2. The van der Waals surface area contributed by atoms with Gasteiger partial charge >= 0.3 is 6.09 Å². The molecule has 2 fully saturated rings. The lowest BCUT2D eigenvalue weighted by molar-refractivity contribution is 0.179. The number of nitrogens with zero attached hydrogens (tertiary/aromatic N) is 3. The lowest BCUT2D eigenvalue weighted by atomic mass is 9.93. The van der Waals surface area contributed by atoms with Gasteiger partial charge in [0.05, 0.1) is 6.04 Å². The van der Waals surface area contributed by atoms with Crippen LogP contribution in [0.1, 0.15) is 31.4 Å². The minimum absolute atomic E-state index is 0.0581. The lowest BCUT2D eigenvalue weighted by Crippen LogP contribution is -2.32. The van der Waals surface area contributed by atoms with Crippen molar-refractivity contribution < 1.29 is 9.53 Å². The summed E-state index contributed by atoms with van der Waals surface area (Å²) in [6.07, 6.45) is 1.98. The van der Waals surface area contributed by atoms with E-state index in [0.717, 1.165) is 37.4 Å². The minimum Gasteiger partial charge on any atom is -0.447 e. The van der Waals surface area contributed by atoms with E-state index < -0.39 is 0 Å². The van der Waals surface area contributed by atoms with Crippen LogP contribution < -0.4 is 4.90 Å². The molecule has 1 amide bonds. The predicted octanol–water partition coefficient (Wildman–Crippen LogP) is 2.24. The van der Waals surface area contributed by atoms with E-state index in [1.54, 1.807) is 4.90 Å². The van der Waals surface area contributed by atoms with Gasteiger partial charge in [0.2, 0.25) is 0 Å². The van der Waals surface area contributed by atoms with Crippen LogP contribution in [0.4, 0.5) is 10.6 Å². The third kappa shape index (κ3) is 2.50. The van der Waals surface area contributed by atoms with E-state index in [-0.39, 0.29) is 12.1 Å². The first-order valence-electron chi connectivity index (χ1n) is 7.26. The molecule has 108 valence electrons. The molecule has 2 aliphatic heterocycles. The minimum atomic E-state index is -0.287. The van der Waals surface area contributed by atoms with Crippen LogP contribution in [0.2, 0.25) is 0 Å². The zero-order valence-corrected chi connectivity index (χ0v) is 12.1. The zero-order chi connectivity index (χ0) is 14.1. The van der Waals surface area contributed by atoms with E-state index in [9.17, 15) is 4.79 Å². The molecule has 0 N–H and O–H groups in total. The third-order valence-corrected chi connectivity index (χ3v) is 4.23. The highest BCUT2D eigenvalue weighted by atomic mass is 16.6. The molecule has 1 aromatic heterocycles. The summed E-state index contributed by atoms with van der Waals surface area (Å²) < 4.78 is 5.07. The van der Waals surface area contributed by atoms with E-state index in [0.29, 0.717) is 12.5 Å². The van der Waals surface area contributed by atoms with Gasteiger partial charge in [-0.3, -0.25) is 4.90 Å². The highest BCUT2D eigenvalue weighted by Gasteiger charge is 2.32. The van der Waals surface area contributed by atoms with Crippen molar-refractivity contribution in [2.75, 3.05) is 31.6 Å². The molecule has 2 saturated heterocycles. The molecule has 0 spiro atoms. The van der Waals surface area contributed by atoms with Crippen LogP contribution >= 0.6 is 0 Å². The fraction of sp³-hybridized carbons (Fsp3) is 0.600. The Morgan fingerprint density at radius 2 is 2.05 bits per heavy atom. The summed E-state index contributed by atoms with van der Waals surface area (Å²) >= 11 is 0. The summed E-state index contributed by atoms with van der Waals surface area (Å²) in [5.41, 5.74) is 1.10.